The molecule has 0 aliphatic carbocycles. The Labute approximate surface area is 122 Å². The van der Waals surface area contributed by atoms with E-state index in [1.54, 1.807) is 0 Å². The van der Waals surface area contributed by atoms with Gasteiger partial charge in [0.1, 0.15) is 11.6 Å². The SMILES string of the molecule is CCc1nc(NCCCN(C)C)cc(OCC(C)C)n1. The number of anilines is 1. The first-order chi connectivity index (χ1) is 9.51. The summed E-state index contributed by atoms with van der Waals surface area (Å²) >= 11 is 0. The van der Waals surface area contributed by atoms with E-state index in [4.69, 9.17) is 4.74 Å². The van der Waals surface area contributed by atoms with Crippen molar-refractivity contribution in [3.8, 4) is 5.88 Å². The third kappa shape index (κ3) is 6.70. The number of rotatable bonds is 9. The van der Waals surface area contributed by atoms with Crippen molar-refractivity contribution in [2.75, 3.05) is 39.1 Å². The van der Waals surface area contributed by atoms with E-state index < -0.39 is 0 Å². The molecule has 0 saturated carbocycles. The molecule has 5 heteroatoms. The van der Waals surface area contributed by atoms with Crippen LogP contribution in [0.1, 0.15) is 33.0 Å². The van der Waals surface area contributed by atoms with Crippen LogP contribution in [0, 0.1) is 5.92 Å². The number of aromatic nitrogens is 2. The quantitative estimate of drug-likeness (QED) is 0.704. The van der Waals surface area contributed by atoms with Gasteiger partial charge < -0.3 is 15.0 Å². The summed E-state index contributed by atoms with van der Waals surface area (Å²) in [5, 5.41) is 3.34. The van der Waals surface area contributed by atoms with Crippen LogP contribution in [0.25, 0.3) is 0 Å². The summed E-state index contributed by atoms with van der Waals surface area (Å²) in [6.07, 6.45) is 1.89. The number of hydrogen-bond donors (Lipinski definition) is 1. The van der Waals surface area contributed by atoms with E-state index in [2.05, 4.69) is 55.1 Å². The highest BCUT2D eigenvalue weighted by Gasteiger charge is 2.05. The fourth-order valence-electron chi connectivity index (χ4n) is 1.66. The standard InChI is InChI=1S/C15H28N4O/c1-6-13-17-14(16-8-7-9-19(4)5)10-15(18-13)20-11-12(2)3/h10,12H,6-9,11H2,1-5H3,(H,16,17,18). The molecule has 0 amide bonds. The number of nitrogens with one attached hydrogen (secondary N) is 1. The largest absolute Gasteiger partial charge is 0.477 e. The second-order valence-corrected chi connectivity index (χ2v) is 5.65. The number of aryl methyl sites for hydroxylation is 1. The Balaban J connectivity index is 2.57. The summed E-state index contributed by atoms with van der Waals surface area (Å²) in [5.41, 5.74) is 0. The number of nitrogens with zero attached hydrogens (tertiary/aromatic N) is 3. The van der Waals surface area contributed by atoms with Crippen molar-refractivity contribution in [1.29, 1.82) is 0 Å². The Hall–Kier alpha value is -1.36. The molecule has 0 atom stereocenters. The number of hydrogen-bond acceptors (Lipinski definition) is 5. The smallest absolute Gasteiger partial charge is 0.218 e. The Kier molecular flexibility index (Phi) is 7.30. The molecule has 0 fully saturated rings. The Morgan fingerprint density at radius 2 is 2.05 bits per heavy atom. The molecular weight excluding hydrogens is 252 g/mol. The van der Waals surface area contributed by atoms with Crippen LogP contribution in [0.15, 0.2) is 6.07 Å². The Bertz CT molecular complexity index is 393. The lowest BCUT2D eigenvalue weighted by atomic mass is 10.2. The van der Waals surface area contributed by atoms with Crippen molar-refractivity contribution in [2.24, 2.45) is 5.92 Å². The first kappa shape index (κ1) is 16.7. The van der Waals surface area contributed by atoms with Gasteiger partial charge in [-0.1, -0.05) is 20.8 Å². The fraction of sp³-hybridized carbons (Fsp3) is 0.733. The van der Waals surface area contributed by atoms with Gasteiger partial charge in [0.15, 0.2) is 0 Å². The van der Waals surface area contributed by atoms with Gasteiger partial charge in [-0.25, -0.2) is 4.98 Å². The molecule has 114 valence electrons. The summed E-state index contributed by atoms with van der Waals surface area (Å²) in [6, 6.07) is 1.89. The maximum Gasteiger partial charge on any atom is 0.218 e. The van der Waals surface area contributed by atoms with E-state index in [1.807, 2.05) is 6.07 Å². The molecule has 0 aromatic carbocycles. The Morgan fingerprint density at radius 3 is 2.65 bits per heavy atom. The van der Waals surface area contributed by atoms with E-state index in [0.717, 1.165) is 37.6 Å². The van der Waals surface area contributed by atoms with Crippen LogP contribution >= 0.6 is 0 Å². The molecule has 1 aromatic rings. The molecule has 5 nitrogen and oxygen atoms in total. The Morgan fingerprint density at radius 1 is 1.30 bits per heavy atom. The molecule has 0 aliphatic rings. The van der Waals surface area contributed by atoms with E-state index >= 15 is 0 Å². The van der Waals surface area contributed by atoms with Gasteiger partial charge in [0, 0.05) is 19.0 Å². The molecule has 0 radical (unpaired) electrons. The molecule has 0 bridgehead atoms. The summed E-state index contributed by atoms with van der Waals surface area (Å²) in [5.74, 6) is 2.84. The van der Waals surface area contributed by atoms with E-state index in [9.17, 15) is 0 Å². The molecule has 20 heavy (non-hydrogen) atoms. The molecule has 1 heterocycles. The lowest BCUT2D eigenvalue weighted by Gasteiger charge is -2.13. The first-order valence-corrected chi connectivity index (χ1v) is 7.40. The summed E-state index contributed by atoms with van der Waals surface area (Å²) in [4.78, 5) is 11.1. The zero-order valence-electron chi connectivity index (χ0n) is 13.4. The third-order valence-corrected chi connectivity index (χ3v) is 2.72. The van der Waals surface area contributed by atoms with Gasteiger partial charge in [-0.3, -0.25) is 0 Å². The van der Waals surface area contributed by atoms with E-state index in [-0.39, 0.29) is 0 Å². The van der Waals surface area contributed by atoms with Crippen molar-refractivity contribution in [1.82, 2.24) is 14.9 Å². The van der Waals surface area contributed by atoms with Crippen molar-refractivity contribution < 1.29 is 4.74 Å². The van der Waals surface area contributed by atoms with Gasteiger partial charge in [-0.05, 0) is 33.0 Å². The average Bonchev–Trinajstić information content (AvgIpc) is 2.41. The van der Waals surface area contributed by atoms with Crippen LogP contribution in [0.3, 0.4) is 0 Å². The fourth-order valence-corrected chi connectivity index (χ4v) is 1.66. The zero-order chi connectivity index (χ0) is 15.0. The average molecular weight is 280 g/mol. The maximum atomic E-state index is 5.70. The predicted molar refractivity (Wildman–Crippen MR) is 83.4 cm³/mol. The van der Waals surface area contributed by atoms with Crippen LogP contribution < -0.4 is 10.1 Å². The minimum atomic E-state index is 0.492. The summed E-state index contributed by atoms with van der Waals surface area (Å²) in [6.45, 7) is 8.96. The van der Waals surface area contributed by atoms with Crippen molar-refractivity contribution in [3.63, 3.8) is 0 Å². The first-order valence-electron chi connectivity index (χ1n) is 7.40. The summed E-state index contributed by atoms with van der Waals surface area (Å²) in [7, 11) is 4.16. The topological polar surface area (TPSA) is 50.3 Å². The minimum absolute atomic E-state index is 0.492. The highest BCUT2D eigenvalue weighted by Crippen LogP contribution is 2.15. The van der Waals surface area contributed by atoms with Crippen LogP contribution in [-0.4, -0.2) is 48.7 Å². The van der Waals surface area contributed by atoms with Gasteiger partial charge in [0.05, 0.1) is 6.61 Å². The highest BCUT2D eigenvalue weighted by molar-refractivity contribution is 5.38. The zero-order valence-corrected chi connectivity index (χ0v) is 13.4. The molecule has 0 unspecified atom stereocenters. The molecular formula is C15H28N4O. The highest BCUT2D eigenvalue weighted by atomic mass is 16.5. The minimum Gasteiger partial charge on any atom is -0.477 e. The molecule has 1 rings (SSSR count). The van der Waals surface area contributed by atoms with Crippen molar-refractivity contribution in [3.05, 3.63) is 11.9 Å². The third-order valence-electron chi connectivity index (χ3n) is 2.72. The van der Waals surface area contributed by atoms with E-state index in [0.29, 0.717) is 18.4 Å². The van der Waals surface area contributed by atoms with Gasteiger partial charge in [0.25, 0.3) is 0 Å². The summed E-state index contributed by atoms with van der Waals surface area (Å²) < 4.78 is 5.70. The van der Waals surface area contributed by atoms with E-state index in [1.165, 1.54) is 0 Å². The van der Waals surface area contributed by atoms with Crippen molar-refractivity contribution >= 4 is 5.82 Å². The van der Waals surface area contributed by atoms with Gasteiger partial charge in [-0.2, -0.15) is 4.98 Å². The lowest BCUT2D eigenvalue weighted by Crippen LogP contribution is -2.17. The molecule has 1 aromatic heterocycles. The molecule has 0 spiro atoms. The predicted octanol–water partition coefficient (Wildman–Crippen LogP) is 2.44. The van der Waals surface area contributed by atoms with Crippen LogP contribution in [0.5, 0.6) is 5.88 Å². The van der Waals surface area contributed by atoms with Gasteiger partial charge in [-0.15, -0.1) is 0 Å². The van der Waals surface area contributed by atoms with Gasteiger partial charge in [0.2, 0.25) is 5.88 Å². The number of ether oxygens (including phenoxy) is 1. The maximum absolute atomic E-state index is 5.70. The van der Waals surface area contributed by atoms with Crippen LogP contribution in [-0.2, 0) is 6.42 Å². The normalized spacial score (nSPS) is 11.2. The molecule has 0 saturated heterocycles. The second kappa shape index (κ2) is 8.74. The van der Waals surface area contributed by atoms with Crippen LogP contribution in [0.4, 0.5) is 5.82 Å². The lowest BCUT2D eigenvalue weighted by molar-refractivity contribution is 0.260. The second-order valence-electron chi connectivity index (χ2n) is 5.65. The van der Waals surface area contributed by atoms with Crippen LogP contribution in [0.2, 0.25) is 0 Å². The molecule has 1 N–H and O–H groups in total. The molecule has 0 aliphatic heterocycles. The van der Waals surface area contributed by atoms with Gasteiger partial charge >= 0.3 is 0 Å². The van der Waals surface area contributed by atoms with Crippen molar-refractivity contribution in [2.45, 2.75) is 33.6 Å². The monoisotopic (exact) mass is 280 g/mol.